The molecule has 0 bridgehead atoms. The Hall–Kier alpha value is -1.39. The van der Waals surface area contributed by atoms with E-state index in [0.29, 0.717) is 18.4 Å². The van der Waals surface area contributed by atoms with Crippen molar-refractivity contribution in [3.63, 3.8) is 0 Å². The SMILES string of the molecule is Cc1sc(CNC(C)C)cc1COc1ccccc1F. The summed E-state index contributed by atoms with van der Waals surface area (Å²) in [6.07, 6.45) is 0. The molecule has 1 heterocycles. The highest BCUT2D eigenvalue weighted by atomic mass is 32.1. The van der Waals surface area contributed by atoms with Crippen LogP contribution in [0, 0.1) is 12.7 Å². The van der Waals surface area contributed by atoms with Crippen LogP contribution in [0.25, 0.3) is 0 Å². The highest BCUT2D eigenvalue weighted by Crippen LogP contribution is 2.24. The summed E-state index contributed by atoms with van der Waals surface area (Å²) in [5.41, 5.74) is 1.12. The molecular weight excluding hydrogens is 273 g/mol. The van der Waals surface area contributed by atoms with Crippen LogP contribution in [0.3, 0.4) is 0 Å². The van der Waals surface area contributed by atoms with Gasteiger partial charge in [-0.2, -0.15) is 0 Å². The number of aryl methyl sites for hydroxylation is 1. The monoisotopic (exact) mass is 293 g/mol. The summed E-state index contributed by atoms with van der Waals surface area (Å²) in [5.74, 6) is -0.0120. The van der Waals surface area contributed by atoms with Crippen LogP contribution >= 0.6 is 11.3 Å². The van der Waals surface area contributed by atoms with Crippen molar-refractivity contribution in [3.8, 4) is 5.75 Å². The molecular formula is C16H20FNOS. The summed E-state index contributed by atoms with van der Waals surface area (Å²) >= 11 is 1.76. The molecule has 1 N–H and O–H groups in total. The summed E-state index contributed by atoms with van der Waals surface area (Å²) < 4.78 is 19.0. The maximum absolute atomic E-state index is 13.5. The van der Waals surface area contributed by atoms with Crippen molar-refractivity contribution in [1.29, 1.82) is 0 Å². The molecule has 0 spiro atoms. The number of thiophene rings is 1. The second-order valence-corrected chi connectivity index (χ2v) is 6.39. The van der Waals surface area contributed by atoms with Gasteiger partial charge in [-0.05, 0) is 25.1 Å². The normalized spacial score (nSPS) is 11.1. The Morgan fingerprint density at radius 3 is 2.75 bits per heavy atom. The van der Waals surface area contributed by atoms with Crippen molar-refractivity contribution in [2.45, 2.75) is 40.0 Å². The van der Waals surface area contributed by atoms with E-state index in [1.165, 1.54) is 15.8 Å². The lowest BCUT2D eigenvalue weighted by Crippen LogP contribution is -2.21. The third-order valence-electron chi connectivity index (χ3n) is 2.98. The van der Waals surface area contributed by atoms with Gasteiger partial charge in [-0.25, -0.2) is 4.39 Å². The first-order valence-corrected chi connectivity index (χ1v) is 7.57. The average Bonchev–Trinajstić information content (AvgIpc) is 2.76. The first-order valence-electron chi connectivity index (χ1n) is 6.75. The molecule has 2 rings (SSSR count). The van der Waals surface area contributed by atoms with Gasteiger partial charge in [0.15, 0.2) is 11.6 Å². The van der Waals surface area contributed by atoms with E-state index in [4.69, 9.17) is 4.74 Å². The Labute approximate surface area is 123 Å². The van der Waals surface area contributed by atoms with Crippen molar-refractivity contribution in [3.05, 3.63) is 51.5 Å². The molecule has 0 saturated heterocycles. The van der Waals surface area contributed by atoms with Gasteiger partial charge in [0.05, 0.1) is 0 Å². The van der Waals surface area contributed by atoms with E-state index in [-0.39, 0.29) is 5.82 Å². The minimum absolute atomic E-state index is 0.306. The van der Waals surface area contributed by atoms with Gasteiger partial charge in [-0.1, -0.05) is 26.0 Å². The highest BCUT2D eigenvalue weighted by Gasteiger charge is 2.08. The van der Waals surface area contributed by atoms with Crippen molar-refractivity contribution in [2.24, 2.45) is 0 Å². The lowest BCUT2D eigenvalue weighted by Gasteiger charge is -2.06. The molecule has 0 fully saturated rings. The zero-order valence-electron chi connectivity index (χ0n) is 12.1. The average molecular weight is 293 g/mol. The molecule has 108 valence electrons. The maximum atomic E-state index is 13.5. The van der Waals surface area contributed by atoms with Gasteiger partial charge >= 0.3 is 0 Å². The maximum Gasteiger partial charge on any atom is 0.165 e. The van der Waals surface area contributed by atoms with E-state index in [1.54, 1.807) is 29.5 Å². The largest absolute Gasteiger partial charge is 0.486 e. The van der Waals surface area contributed by atoms with Crippen LogP contribution in [0.2, 0.25) is 0 Å². The van der Waals surface area contributed by atoms with Gasteiger partial charge in [-0.3, -0.25) is 0 Å². The smallest absolute Gasteiger partial charge is 0.165 e. The van der Waals surface area contributed by atoms with Gasteiger partial charge in [-0.15, -0.1) is 11.3 Å². The molecule has 4 heteroatoms. The number of halogens is 1. The van der Waals surface area contributed by atoms with E-state index in [1.807, 2.05) is 0 Å². The fraction of sp³-hybridized carbons (Fsp3) is 0.375. The van der Waals surface area contributed by atoms with Crippen molar-refractivity contribution >= 4 is 11.3 Å². The number of benzene rings is 1. The number of rotatable bonds is 6. The van der Waals surface area contributed by atoms with E-state index in [9.17, 15) is 4.39 Å². The molecule has 2 aromatic rings. The topological polar surface area (TPSA) is 21.3 Å². The number of ether oxygens (including phenoxy) is 1. The summed E-state index contributed by atoms with van der Waals surface area (Å²) in [4.78, 5) is 2.50. The summed E-state index contributed by atoms with van der Waals surface area (Å²) in [6, 6.07) is 9.10. The molecule has 0 aliphatic carbocycles. The quantitative estimate of drug-likeness (QED) is 0.858. The Balaban J connectivity index is 1.98. The minimum atomic E-state index is -0.318. The summed E-state index contributed by atoms with van der Waals surface area (Å²) in [5, 5.41) is 3.39. The second kappa shape index (κ2) is 6.86. The Bertz CT molecular complexity index is 565. The first kappa shape index (κ1) is 15.0. The summed E-state index contributed by atoms with van der Waals surface area (Å²) in [6.45, 7) is 7.60. The molecule has 0 atom stereocenters. The van der Waals surface area contributed by atoms with Gasteiger partial charge < -0.3 is 10.1 Å². The van der Waals surface area contributed by atoms with Crippen LogP contribution < -0.4 is 10.1 Å². The standard InChI is InChI=1S/C16H20FNOS/c1-11(2)18-9-14-8-13(12(3)20-14)10-19-16-7-5-4-6-15(16)17/h4-8,11,18H,9-10H2,1-3H3. The molecule has 0 radical (unpaired) electrons. The van der Waals surface area contributed by atoms with Crippen LogP contribution in [0.4, 0.5) is 4.39 Å². The van der Waals surface area contributed by atoms with E-state index < -0.39 is 0 Å². The van der Waals surface area contributed by atoms with Crippen molar-refractivity contribution < 1.29 is 9.13 Å². The van der Waals surface area contributed by atoms with Gasteiger partial charge in [0.2, 0.25) is 0 Å². The zero-order valence-corrected chi connectivity index (χ0v) is 12.9. The first-order chi connectivity index (χ1) is 9.56. The van der Waals surface area contributed by atoms with Crippen molar-refractivity contribution in [1.82, 2.24) is 5.32 Å². The number of nitrogens with one attached hydrogen (secondary N) is 1. The fourth-order valence-corrected chi connectivity index (χ4v) is 2.84. The summed E-state index contributed by atoms with van der Waals surface area (Å²) in [7, 11) is 0. The zero-order chi connectivity index (χ0) is 14.5. The van der Waals surface area contributed by atoms with E-state index in [0.717, 1.165) is 12.1 Å². The van der Waals surface area contributed by atoms with Crippen LogP contribution in [0.1, 0.15) is 29.2 Å². The molecule has 0 amide bonds. The molecule has 1 aromatic heterocycles. The minimum Gasteiger partial charge on any atom is -0.486 e. The molecule has 1 aromatic carbocycles. The predicted octanol–water partition coefficient (Wildman–Crippen LogP) is 4.27. The Kier molecular flexibility index (Phi) is 5.15. The lowest BCUT2D eigenvalue weighted by atomic mass is 10.2. The van der Waals surface area contributed by atoms with Crippen LogP contribution in [0.15, 0.2) is 30.3 Å². The third kappa shape index (κ3) is 4.05. The number of para-hydroxylation sites is 1. The number of hydrogen-bond acceptors (Lipinski definition) is 3. The van der Waals surface area contributed by atoms with Crippen LogP contribution in [0.5, 0.6) is 5.75 Å². The second-order valence-electron chi connectivity index (χ2n) is 5.05. The molecule has 0 unspecified atom stereocenters. The van der Waals surface area contributed by atoms with Crippen molar-refractivity contribution in [2.75, 3.05) is 0 Å². The molecule has 0 aliphatic rings. The van der Waals surface area contributed by atoms with Crippen LogP contribution in [-0.4, -0.2) is 6.04 Å². The Morgan fingerprint density at radius 2 is 2.05 bits per heavy atom. The molecule has 2 nitrogen and oxygen atoms in total. The lowest BCUT2D eigenvalue weighted by molar-refractivity contribution is 0.290. The van der Waals surface area contributed by atoms with Gasteiger partial charge in [0.25, 0.3) is 0 Å². The molecule has 0 saturated carbocycles. The molecule has 0 aliphatic heterocycles. The highest BCUT2D eigenvalue weighted by molar-refractivity contribution is 7.12. The van der Waals surface area contributed by atoms with E-state index >= 15 is 0 Å². The Morgan fingerprint density at radius 1 is 1.30 bits per heavy atom. The number of hydrogen-bond donors (Lipinski definition) is 1. The molecule has 20 heavy (non-hydrogen) atoms. The van der Waals surface area contributed by atoms with Gasteiger partial charge in [0.1, 0.15) is 6.61 Å². The van der Waals surface area contributed by atoms with Gasteiger partial charge in [0, 0.05) is 27.9 Å². The fourth-order valence-electron chi connectivity index (χ4n) is 1.84. The third-order valence-corrected chi connectivity index (χ3v) is 4.07. The van der Waals surface area contributed by atoms with Crippen LogP contribution in [-0.2, 0) is 13.2 Å². The van der Waals surface area contributed by atoms with E-state index in [2.05, 4.69) is 32.2 Å². The predicted molar refractivity (Wildman–Crippen MR) is 81.8 cm³/mol.